The summed E-state index contributed by atoms with van der Waals surface area (Å²) in [5.74, 6) is 1.45. The molecule has 1 saturated heterocycles. The fourth-order valence-corrected chi connectivity index (χ4v) is 2.36. The topological polar surface area (TPSA) is 20.3 Å². The van der Waals surface area contributed by atoms with Crippen molar-refractivity contribution in [1.29, 1.82) is 0 Å². The molecule has 1 amide bonds. The summed E-state index contributed by atoms with van der Waals surface area (Å²) in [4.78, 5) is 14.0. The van der Waals surface area contributed by atoms with Crippen LogP contribution >= 0.6 is 11.6 Å². The molecule has 0 N–H and O–H groups in total. The number of carbonyl (C=O) groups is 1. The third-order valence-corrected chi connectivity index (χ3v) is 3.58. The van der Waals surface area contributed by atoms with E-state index < -0.39 is 0 Å². The second kappa shape index (κ2) is 5.35. The van der Waals surface area contributed by atoms with E-state index in [1.54, 1.807) is 0 Å². The van der Waals surface area contributed by atoms with Gasteiger partial charge in [-0.05, 0) is 30.9 Å². The summed E-state index contributed by atoms with van der Waals surface area (Å²) in [6.07, 6.45) is 2.06. The first-order valence-corrected chi connectivity index (χ1v) is 6.25. The highest BCUT2D eigenvalue weighted by Gasteiger charge is 2.22. The summed E-state index contributed by atoms with van der Waals surface area (Å²) in [6, 6.07) is 9.47. The minimum Gasteiger partial charge on any atom is -0.339 e. The zero-order valence-electron chi connectivity index (χ0n) is 9.23. The molecule has 86 valence electrons. The van der Waals surface area contributed by atoms with Gasteiger partial charge in [0.1, 0.15) is 0 Å². The van der Waals surface area contributed by atoms with Crippen molar-refractivity contribution >= 4 is 17.5 Å². The fourth-order valence-electron chi connectivity index (χ4n) is 2.05. The summed E-state index contributed by atoms with van der Waals surface area (Å²) in [7, 11) is 0. The first kappa shape index (κ1) is 11.5. The number of likely N-dealkylation sites (tertiary alicyclic amines) is 1. The minimum absolute atomic E-state index is 0.147. The molecule has 1 aliphatic rings. The van der Waals surface area contributed by atoms with Gasteiger partial charge >= 0.3 is 0 Å². The van der Waals surface area contributed by atoms with Crippen molar-refractivity contribution < 1.29 is 4.79 Å². The number of carbonyl (C=O) groups excluding carboxylic acids is 1. The van der Waals surface area contributed by atoms with E-state index in [2.05, 4.69) is 0 Å². The van der Waals surface area contributed by atoms with Gasteiger partial charge in [-0.2, -0.15) is 0 Å². The van der Waals surface area contributed by atoms with E-state index in [9.17, 15) is 4.79 Å². The lowest BCUT2D eigenvalue weighted by molar-refractivity contribution is 0.0698. The second-order valence-electron chi connectivity index (χ2n) is 4.26. The van der Waals surface area contributed by atoms with Gasteiger partial charge in [0.25, 0.3) is 5.91 Å². The Morgan fingerprint density at radius 1 is 1.25 bits per heavy atom. The molecule has 0 aromatic heterocycles. The van der Waals surface area contributed by atoms with E-state index in [-0.39, 0.29) is 5.91 Å². The molecule has 2 nitrogen and oxygen atoms in total. The van der Waals surface area contributed by atoms with Crippen molar-refractivity contribution in [2.24, 2.45) is 5.92 Å². The molecule has 0 spiro atoms. The molecule has 0 radical (unpaired) electrons. The maximum Gasteiger partial charge on any atom is 0.253 e. The van der Waals surface area contributed by atoms with Crippen LogP contribution in [0.15, 0.2) is 30.3 Å². The van der Waals surface area contributed by atoms with Crippen LogP contribution in [-0.4, -0.2) is 29.8 Å². The predicted octanol–water partition coefficient (Wildman–Crippen LogP) is 2.78. The molecule has 1 aliphatic heterocycles. The van der Waals surface area contributed by atoms with Crippen LogP contribution in [-0.2, 0) is 0 Å². The lowest BCUT2D eigenvalue weighted by Crippen LogP contribution is -2.38. The van der Waals surface area contributed by atoms with Crippen molar-refractivity contribution in [3.63, 3.8) is 0 Å². The van der Waals surface area contributed by atoms with E-state index in [0.29, 0.717) is 11.8 Å². The molecule has 0 bridgehead atoms. The summed E-state index contributed by atoms with van der Waals surface area (Å²) >= 11 is 5.82. The largest absolute Gasteiger partial charge is 0.339 e. The van der Waals surface area contributed by atoms with E-state index in [4.69, 9.17) is 11.6 Å². The summed E-state index contributed by atoms with van der Waals surface area (Å²) in [5, 5.41) is 0. The zero-order chi connectivity index (χ0) is 11.4. The van der Waals surface area contributed by atoms with Gasteiger partial charge in [-0.25, -0.2) is 0 Å². The Balaban J connectivity index is 1.97. The monoisotopic (exact) mass is 237 g/mol. The average molecular weight is 238 g/mol. The molecule has 0 saturated carbocycles. The lowest BCUT2D eigenvalue weighted by atomic mass is 9.98. The second-order valence-corrected chi connectivity index (χ2v) is 4.56. The maximum absolute atomic E-state index is 12.1. The Hall–Kier alpha value is -1.02. The first-order valence-electron chi connectivity index (χ1n) is 5.71. The smallest absolute Gasteiger partial charge is 0.253 e. The van der Waals surface area contributed by atoms with Gasteiger partial charge in [0.05, 0.1) is 0 Å². The molecule has 1 fully saturated rings. The molecule has 0 unspecified atom stereocenters. The molecule has 2 rings (SSSR count). The number of halogens is 1. The van der Waals surface area contributed by atoms with Crippen molar-refractivity contribution in [3.05, 3.63) is 35.9 Å². The van der Waals surface area contributed by atoms with Crippen molar-refractivity contribution in [3.8, 4) is 0 Å². The molecule has 0 atom stereocenters. The molecular weight excluding hydrogens is 222 g/mol. The molecule has 1 aromatic rings. The number of amides is 1. The van der Waals surface area contributed by atoms with Gasteiger partial charge in [-0.1, -0.05) is 18.2 Å². The molecule has 16 heavy (non-hydrogen) atoms. The van der Waals surface area contributed by atoms with Crippen LogP contribution in [0.25, 0.3) is 0 Å². The third-order valence-electron chi connectivity index (χ3n) is 3.14. The molecular formula is C13H16ClNO. The van der Waals surface area contributed by atoms with Gasteiger partial charge in [-0.15, -0.1) is 11.6 Å². The van der Waals surface area contributed by atoms with Crippen LogP contribution < -0.4 is 0 Å². The van der Waals surface area contributed by atoms with E-state index in [1.165, 1.54) is 0 Å². The van der Waals surface area contributed by atoms with Crippen LogP contribution in [0.2, 0.25) is 0 Å². The Kier molecular flexibility index (Phi) is 3.83. The first-order chi connectivity index (χ1) is 7.81. The number of hydrogen-bond donors (Lipinski definition) is 0. The Morgan fingerprint density at radius 3 is 2.44 bits per heavy atom. The summed E-state index contributed by atoms with van der Waals surface area (Å²) < 4.78 is 0. The normalized spacial score (nSPS) is 17.4. The van der Waals surface area contributed by atoms with Gasteiger partial charge in [-0.3, -0.25) is 4.79 Å². The van der Waals surface area contributed by atoms with Gasteiger partial charge in [0.2, 0.25) is 0 Å². The third kappa shape index (κ3) is 2.56. The molecule has 0 aliphatic carbocycles. The van der Waals surface area contributed by atoms with E-state index >= 15 is 0 Å². The van der Waals surface area contributed by atoms with Crippen LogP contribution in [0.5, 0.6) is 0 Å². The molecule has 1 aromatic carbocycles. The van der Waals surface area contributed by atoms with Gasteiger partial charge in [0.15, 0.2) is 0 Å². The number of alkyl halides is 1. The minimum atomic E-state index is 0.147. The number of hydrogen-bond acceptors (Lipinski definition) is 1. The van der Waals surface area contributed by atoms with Crippen LogP contribution in [0.3, 0.4) is 0 Å². The highest BCUT2D eigenvalue weighted by molar-refractivity contribution is 6.18. The van der Waals surface area contributed by atoms with Gasteiger partial charge in [0, 0.05) is 24.5 Å². The molecule has 3 heteroatoms. The van der Waals surface area contributed by atoms with E-state index in [0.717, 1.165) is 31.5 Å². The number of benzene rings is 1. The quantitative estimate of drug-likeness (QED) is 0.725. The summed E-state index contributed by atoms with van der Waals surface area (Å²) in [6.45, 7) is 1.68. The molecule has 1 heterocycles. The summed E-state index contributed by atoms with van der Waals surface area (Å²) in [5.41, 5.74) is 0.784. The average Bonchev–Trinajstić information content (AvgIpc) is 2.39. The Labute approximate surface area is 101 Å². The fraction of sp³-hybridized carbons (Fsp3) is 0.462. The van der Waals surface area contributed by atoms with Crippen LogP contribution in [0, 0.1) is 5.92 Å². The standard InChI is InChI=1S/C13H16ClNO/c14-10-11-6-8-15(9-7-11)13(16)12-4-2-1-3-5-12/h1-5,11H,6-10H2. The van der Waals surface area contributed by atoms with Crippen molar-refractivity contribution in [1.82, 2.24) is 4.90 Å². The van der Waals surface area contributed by atoms with Crippen molar-refractivity contribution in [2.45, 2.75) is 12.8 Å². The van der Waals surface area contributed by atoms with E-state index in [1.807, 2.05) is 35.2 Å². The Morgan fingerprint density at radius 2 is 1.88 bits per heavy atom. The van der Waals surface area contributed by atoms with Gasteiger partial charge < -0.3 is 4.90 Å². The van der Waals surface area contributed by atoms with Crippen molar-refractivity contribution in [2.75, 3.05) is 19.0 Å². The SMILES string of the molecule is O=C(c1ccccc1)N1CCC(CCl)CC1. The predicted molar refractivity (Wildman–Crippen MR) is 65.8 cm³/mol. The van der Waals surface area contributed by atoms with Crippen LogP contribution in [0.4, 0.5) is 0 Å². The highest BCUT2D eigenvalue weighted by Crippen LogP contribution is 2.19. The highest BCUT2D eigenvalue weighted by atomic mass is 35.5. The zero-order valence-corrected chi connectivity index (χ0v) is 9.99. The lowest BCUT2D eigenvalue weighted by Gasteiger charge is -2.31. The number of rotatable bonds is 2. The number of piperidine rings is 1. The Bertz CT molecular complexity index is 344. The maximum atomic E-state index is 12.1. The number of nitrogens with zero attached hydrogens (tertiary/aromatic N) is 1. The van der Waals surface area contributed by atoms with Crippen LogP contribution in [0.1, 0.15) is 23.2 Å².